The first-order valence-corrected chi connectivity index (χ1v) is 12.1. The molecule has 0 spiro atoms. The molecule has 7 nitrogen and oxygen atoms in total. The third kappa shape index (κ3) is 5.42. The second kappa shape index (κ2) is 10.4. The zero-order valence-corrected chi connectivity index (χ0v) is 18.8. The standard InChI is InChI=1S/C22H34N6OS/c1-2-10-23-22(29)24-28-12-8-18(9-13-28)7-11-26-14-16-27(17-15-26)21-19-5-3-4-6-20(19)30-25-21/h3-6,18H,2,7-17H2,1H3,(H2,23,24,29). The van der Waals surface area contributed by atoms with E-state index < -0.39 is 0 Å². The summed E-state index contributed by atoms with van der Waals surface area (Å²) in [7, 11) is 0. The molecule has 8 heteroatoms. The van der Waals surface area contributed by atoms with Crippen molar-refractivity contribution in [3.05, 3.63) is 24.3 Å². The van der Waals surface area contributed by atoms with Gasteiger partial charge >= 0.3 is 6.03 Å². The average Bonchev–Trinajstić information content (AvgIpc) is 3.22. The number of rotatable bonds is 7. The zero-order valence-electron chi connectivity index (χ0n) is 18.0. The number of hydrazine groups is 1. The highest BCUT2D eigenvalue weighted by Gasteiger charge is 2.23. The van der Waals surface area contributed by atoms with Crippen LogP contribution in [-0.2, 0) is 0 Å². The molecule has 2 aliphatic heterocycles. The highest BCUT2D eigenvalue weighted by molar-refractivity contribution is 7.13. The smallest absolute Gasteiger partial charge is 0.329 e. The molecule has 1 aromatic heterocycles. The van der Waals surface area contributed by atoms with Crippen LogP contribution in [0.1, 0.15) is 32.6 Å². The van der Waals surface area contributed by atoms with E-state index in [-0.39, 0.29) is 6.03 Å². The van der Waals surface area contributed by atoms with Crippen LogP contribution in [0.25, 0.3) is 10.1 Å². The van der Waals surface area contributed by atoms with E-state index in [9.17, 15) is 4.79 Å². The van der Waals surface area contributed by atoms with Gasteiger partial charge in [-0.05, 0) is 61.8 Å². The molecule has 0 saturated carbocycles. The number of anilines is 1. The predicted molar refractivity (Wildman–Crippen MR) is 124 cm³/mol. The molecule has 2 N–H and O–H groups in total. The molecule has 0 radical (unpaired) electrons. The van der Waals surface area contributed by atoms with Crippen molar-refractivity contribution in [2.75, 3.05) is 57.3 Å². The first-order chi connectivity index (χ1) is 14.7. The fourth-order valence-corrected chi connectivity index (χ4v) is 5.20. The van der Waals surface area contributed by atoms with Crippen LogP contribution in [0, 0.1) is 5.92 Å². The normalized spacial score (nSPS) is 19.3. The number of hydrogen-bond donors (Lipinski definition) is 2. The number of carbonyl (C=O) groups excluding carboxylic acids is 1. The van der Waals surface area contributed by atoms with Gasteiger partial charge in [0.15, 0.2) is 0 Å². The van der Waals surface area contributed by atoms with Crippen LogP contribution in [0.4, 0.5) is 10.6 Å². The van der Waals surface area contributed by atoms with Gasteiger partial charge in [-0.3, -0.25) is 10.3 Å². The number of amides is 2. The molecule has 2 saturated heterocycles. The second-order valence-electron chi connectivity index (χ2n) is 8.42. The lowest BCUT2D eigenvalue weighted by Gasteiger charge is -2.37. The average molecular weight is 431 g/mol. The number of carbonyl (C=O) groups is 1. The zero-order chi connectivity index (χ0) is 20.8. The summed E-state index contributed by atoms with van der Waals surface area (Å²) in [6.45, 7) is 10.2. The summed E-state index contributed by atoms with van der Waals surface area (Å²) in [6.07, 6.45) is 4.55. The monoisotopic (exact) mass is 430 g/mol. The summed E-state index contributed by atoms with van der Waals surface area (Å²) in [5.41, 5.74) is 2.97. The predicted octanol–water partition coefficient (Wildman–Crippen LogP) is 3.14. The van der Waals surface area contributed by atoms with Crippen LogP contribution in [-0.4, -0.2) is 72.7 Å². The maximum absolute atomic E-state index is 11.8. The quantitative estimate of drug-likeness (QED) is 0.707. The van der Waals surface area contributed by atoms with Crippen molar-refractivity contribution in [3.63, 3.8) is 0 Å². The number of urea groups is 1. The van der Waals surface area contributed by atoms with Gasteiger partial charge in [-0.2, -0.15) is 4.37 Å². The van der Waals surface area contributed by atoms with E-state index >= 15 is 0 Å². The number of nitrogens with zero attached hydrogens (tertiary/aromatic N) is 4. The SMILES string of the molecule is CCCNC(=O)NN1CCC(CCN2CCN(c3nsc4ccccc34)CC2)CC1. The lowest BCUT2D eigenvalue weighted by atomic mass is 9.94. The van der Waals surface area contributed by atoms with E-state index in [1.807, 2.05) is 0 Å². The molecule has 164 valence electrons. The molecular weight excluding hydrogens is 396 g/mol. The number of benzene rings is 1. The molecule has 0 aliphatic carbocycles. The third-order valence-electron chi connectivity index (χ3n) is 6.29. The molecule has 4 rings (SSSR count). The molecule has 0 unspecified atom stereocenters. The number of piperazine rings is 1. The molecule has 30 heavy (non-hydrogen) atoms. The van der Waals surface area contributed by atoms with Crippen molar-refractivity contribution in [2.24, 2.45) is 5.92 Å². The van der Waals surface area contributed by atoms with Gasteiger partial charge in [-0.1, -0.05) is 19.1 Å². The molecule has 0 bridgehead atoms. The largest absolute Gasteiger partial charge is 0.353 e. The fourth-order valence-electron chi connectivity index (χ4n) is 4.40. The number of aromatic nitrogens is 1. The number of nitrogens with one attached hydrogen (secondary N) is 2. The molecular formula is C22H34N6OS. The van der Waals surface area contributed by atoms with Crippen molar-refractivity contribution < 1.29 is 4.79 Å². The van der Waals surface area contributed by atoms with Crippen LogP contribution in [0.5, 0.6) is 0 Å². The highest BCUT2D eigenvalue weighted by atomic mass is 32.1. The summed E-state index contributed by atoms with van der Waals surface area (Å²) < 4.78 is 5.99. The van der Waals surface area contributed by atoms with Gasteiger partial charge in [0.25, 0.3) is 0 Å². The van der Waals surface area contributed by atoms with Gasteiger partial charge in [-0.15, -0.1) is 0 Å². The molecule has 2 fully saturated rings. The Morgan fingerprint density at radius 2 is 1.90 bits per heavy atom. The summed E-state index contributed by atoms with van der Waals surface area (Å²) in [6, 6.07) is 8.47. The van der Waals surface area contributed by atoms with E-state index in [0.29, 0.717) is 0 Å². The first kappa shape index (κ1) is 21.3. The van der Waals surface area contributed by atoms with Gasteiger partial charge in [0.05, 0.1) is 4.70 Å². The minimum Gasteiger partial charge on any atom is -0.353 e. The Labute approximate surface area is 183 Å². The summed E-state index contributed by atoms with van der Waals surface area (Å²) in [5.74, 6) is 1.93. The van der Waals surface area contributed by atoms with Crippen molar-refractivity contribution in [2.45, 2.75) is 32.6 Å². The summed E-state index contributed by atoms with van der Waals surface area (Å²) in [4.78, 5) is 16.8. The molecule has 2 amide bonds. The topological polar surface area (TPSA) is 63.7 Å². The minimum atomic E-state index is -0.0685. The van der Waals surface area contributed by atoms with Crippen molar-refractivity contribution in [1.82, 2.24) is 25.0 Å². The Balaban J connectivity index is 1.15. The number of fused-ring (bicyclic) bond motifs is 1. The first-order valence-electron chi connectivity index (χ1n) is 11.3. The van der Waals surface area contributed by atoms with Crippen molar-refractivity contribution >= 4 is 33.5 Å². The molecule has 0 atom stereocenters. The van der Waals surface area contributed by atoms with Crippen LogP contribution in [0.15, 0.2) is 24.3 Å². The lowest BCUT2D eigenvalue weighted by Crippen LogP contribution is -2.51. The minimum absolute atomic E-state index is 0.0685. The molecule has 2 aliphatic rings. The third-order valence-corrected chi connectivity index (χ3v) is 7.11. The van der Waals surface area contributed by atoms with Crippen LogP contribution >= 0.6 is 11.5 Å². The maximum Gasteiger partial charge on any atom is 0.329 e. The van der Waals surface area contributed by atoms with Crippen molar-refractivity contribution in [1.29, 1.82) is 0 Å². The van der Waals surface area contributed by atoms with Crippen molar-refractivity contribution in [3.8, 4) is 0 Å². The number of hydrogen-bond acceptors (Lipinski definition) is 6. The van der Waals surface area contributed by atoms with E-state index in [1.165, 1.54) is 35.9 Å². The molecule has 1 aromatic carbocycles. The van der Waals surface area contributed by atoms with Gasteiger partial charge in [0, 0.05) is 51.2 Å². The van der Waals surface area contributed by atoms with Gasteiger partial charge in [-0.25, -0.2) is 9.80 Å². The maximum atomic E-state index is 11.8. The molecule has 3 heterocycles. The second-order valence-corrected chi connectivity index (χ2v) is 9.22. The Morgan fingerprint density at radius 3 is 2.67 bits per heavy atom. The van der Waals surface area contributed by atoms with E-state index in [0.717, 1.165) is 64.0 Å². The van der Waals surface area contributed by atoms with Gasteiger partial charge < -0.3 is 10.2 Å². The molecule has 2 aromatic rings. The fraction of sp³-hybridized carbons (Fsp3) is 0.636. The van der Waals surface area contributed by atoms with E-state index in [2.05, 4.69) is 56.7 Å². The Hall–Kier alpha value is -1.90. The van der Waals surface area contributed by atoms with E-state index in [1.54, 1.807) is 11.5 Å². The van der Waals surface area contributed by atoms with Crippen LogP contribution in [0.3, 0.4) is 0 Å². The Kier molecular flexibility index (Phi) is 7.41. The van der Waals surface area contributed by atoms with Gasteiger partial charge in [0.2, 0.25) is 0 Å². The van der Waals surface area contributed by atoms with E-state index in [4.69, 9.17) is 4.37 Å². The van der Waals surface area contributed by atoms with Gasteiger partial charge in [0.1, 0.15) is 5.82 Å². The summed E-state index contributed by atoms with van der Waals surface area (Å²) in [5, 5.41) is 6.24. The summed E-state index contributed by atoms with van der Waals surface area (Å²) >= 11 is 1.61. The lowest BCUT2D eigenvalue weighted by molar-refractivity contribution is 0.121. The highest BCUT2D eigenvalue weighted by Crippen LogP contribution is 2.30. The van der Waals surface area contributed by atoms with Crippen LogP contribution in [0.2, 0.25) is 0 Å². The number of piperidine rings is 1. The Bertz CT molecular complexity index is 811. The Morgan fingerprint density at radius 1 is 1.13 bits per heavy atom. The van der Waals surface area contributed by atoms with Crippen LogP contribution < -0.4 is 15.6 Å².